The van der Waals surface area contributed by atoms with Gasteiger partial charge >= 0.3 is 0 Å². The zero-order valence-electron chi connectivity index (χ0n) is 16.7. The van der Waals surface area contributed by atoms with Crippen molar-refractivity contribution in [3.63, 3.8) is 0 Å². The molecule has 0 bridgehead atoms. The molecular formula is C19H11N5O10. The molecule has 0 aliphatic rings. The fourth-order valence-electron chi connectivity index (χ4n) is 3.41. The van der Waals surface area contributed by atoms with Crippen LogP contribution in [0.15, 0.2) is 60.7 Å². The van der Waals surface area contributed by atoms with Crippen LogP contribution in [0.25, 0.3) is 0 Å². The third-order valence-electron chi connectivity index (χ3n) is 4.90. The molecule has 0 aliphatic heterocycles. The normalized spacial score (nSPS) is 10.6. The van der Waals surface area contributed by atoms with Crippen molar-refractivity contribution >= 4 is 28.4 Å². The van der Waals surface area contributed by atoms with Crippen LogP contribution in [-0.2, 0) is 0 Å². The minimum atomic E-state index is -1.32. The van der Waals surface area contributed by atoms with Crippen LogP contribution in [0, 0.1) is 50.6 Å². The Hall–Kier alpha value is -5.34. The highest BCUT2D eigenvalue weighted by Crippen LogP contribution is 2.43. The second-order valence-electron chi connectivity index (χ2n) is 6.80. The Bertz CT molecular complexity index is 1280. The summed E-state index contributed by atoms with van der Waals surface area (Å²) >= 11 is 0. The highest BCUT2D eigenvalue weighted by molar-refractivity contribution is 5.62. The number of hydrogen-bond acceptors (Lipinski definition) is 10. The van der Waals surface area contributed by atoms with Crippen molar-refractivity contribution in [1.82, 2.24) is 0 Å². The molecule has 15 heteroatoms. The van der Waals surface area contributed by atoms with E-state index in [1.807, 2.05) is 0 Å². The summed E-state index contributed by atoms with van der Waals surface area (Å²) in [5, 5.41) is 56.7. The van der Waals surface area contributed by atoms with Gasteiger partial charge in [0.2, 0.25) is 0 Å². The third-order valence-corrected chi connectivity index (χ3v) is 4.90. The average molecular weight is 469 g/mol. The van der Waals surface area contributed by atoms with E-state index in [2.05, 4.69) is 0 Å². The lowest BCUT2D eigenvalue weighted by atomic mass is 9.83. The van der Waals surface area contributed by atoms with Crippen molar-refractivity contribution in [1.29, 1.82) is 0 Å². The Balaban J connectivity index is 2.37. The number of nitro benzene ring substituents is 5. The quantitative estimate of drug-likeness (QED) is 0.257. The third kappa shape index (κ3) is 4.47. The van der Waals surface area contributed by atoms with Gasteiger partial charge in [-0.25, -0.2) is 0 Å². The first kappa shape index (κ1) is 23.3. The van der Waals surface area contributed by atoms with E-state index in [0.29, 0.717) is 12.1 Å². The van der Waals surface area contributed by atoms with Crippen LogP contribution in [0.1, 0.15) is 22.6 Å². The van der Waals surface area contributed by atoms with E-state index in [-0.39, 0.29) is 22.4 Å². The first-order valence-electron chi connectivity index (χ1n) is 9.11. The van der Waals surface area contributed by atoms with Gasteiger partial charge in [-0.1, -0.05) is 12.1 Å². The maximum absolute atomic E-state index is 11.7. The molecule has 3 aromatic carbocycles. The molecule has 15 nitrogen and oxygen atoms in total. The van der Waals surface area contributed by atoms with Crippen LogP contribution in [0.5, 0.6) is 0 Å². The second kappa shape index (κ2) is 9.03. The van der Waals surface area contributed by atoms with Crippen molar-refractivity contribution in [2.75, 3.05) is 0 Å². The molecule has 0 amide bonds. The Morgan fingerprint density at radius 2 is 0.824 bits per heavy atom. The molecule has 0 fully saturated rings. The minimum Gasteiger partial charge on any atom is -0.258 e. The monoisotopic (exact) mass is 469 g/mol. The summed E-state index contributed by atoms with van der Waals surface area (Å²) in [6, 6.07) is 10.0. The number of non-ortho nitro benzene ring substituents is 3. The Labute approximate surface area is 187 Å². The van der Waals surface area contributed by atoms with Crippen molar-refractivity contribution in [3.8, 4) is 0 Å². The van der Waals surface area contributed by atoms with E-state index in [1.54, 1.807) is 0 Å². The van der Waals surface area contributed by atoms with E-state index in [1.165, 1.54) is 12.1 Å². The largest absolute Gasteiger partial charge is 0.280 e. The van der Waals surface area contributed by atoms with Crippen LogP contribution >= 0.6 is 0 Å². The van der Waals surface area contributed by atoms with E-state index in [0.717, 1.165) is 36.4 Å². The topological polar surface area (TPSA) is 216 Å². The smallest absolute Gasteiger partial charge is 0.258 e. The zero-order valence-corrected chi connectivity index (χ0v) is 16.7. The molecule has 172 valence electrons. The first-order valence-corrected chi connectivity index (χ1v) is 9.11. The van der Waals surface area contributed by atoms with Gasteiger partial charge in [0.15, 0.2) is 0 Å². The maximum atomic E-state index is 11.7. The molecule has 0 spiro atoms. The number of benzene rings is 3. The molecule has 0 aliphatic carbocycles. The molecular weight excluding hydrogens is 458 g/mol. The van der Waals surface area contributed by atoms with Gasteiger partial charge in [0.05, 0.1) is 36.7 Å². The molecule has 0 radical (unpaired) electrons. The zero-order chi connectivity index (χ0) is 25.2. The standard InChI is InChI=1S/C19H11N5O10/c25-20(26)12-3-1-11(2-4-12)19(15-7-5-13(21(27)28)9-17(15)23(31)32)16-8-6-14(22(29)30)10-18(16)24(33)34/h1-10,19H. The molecule has 0 N–H and O–H groups in total. The van der Waals surface area contributed by atoms with E-state index in [4.69, 9.17) is 0 Å². The molecule has 0 saturated heterocycles. The van der Waals surface area contributed by atoms with E-state index < -0.39 is 53.3 Å². The Kier molecular flexibility index (Phi) is 6.19. The van der Waals surface area contributed by atoms with Gasteiger partial charge in [-0.2, -0.15) is 0 Å². The molecule has 0 heterocycles. The SMILES string of the molecule is O=[N+]([O-])c1ccc(C(c2ccc([N+](=O)[O-])cc2[N+](=O)[O-])c2ccc([N+](=O)[O-])cc2[N+](=O)[O-])cc1. The molecule has 3 aromatic rings. The van der Waals surface area contributed by atoms with Crippen molar-refractivity contribution in [2.45, 2.75) is 5.92 Å². The lowest BCUT2D eigenvalue weighted by Gasteiger charge is -2.18. The highest BCUT2D eigenvalue weighted by Gasteiger charge is 2.33. The molecule has 0 saturated carbocycles. The first-order chi connectivity index (χ1) is 16.0. The van der Waals surface area contributed by atoms with Crippen molar-refractivity contribution in [2.24, 2.45) is 0 Å². The van der Waals surface area contributed by atoms with E-state index >= 15 is 0 Å². The summed E-state index contributed by atoms with van der Waals surface area (Å²) in [6.45, 7) is 0. The molecule has 34 heavy (non-hydrogen) atoms. The number of rotatable bonds is 8. The van der Waals surface area contributed by atoms with Crippen LogP contribution in [-0.4, -0.2) is 24.6 Å². The highest BCUT2D eigenvalue weighted by atomic mass is 16.6. The van der Waals surface area contributed by atoms with Crippen LogP contribution in [0.4, 0.5) is 28.4 Å². The van der Waals surface area contributed by atoms with Gasteiger partial charge in [0.1, 0.15) is 0 Å². The van der Waals surface area contributed by atoms with Gasteiger partial charge < -0.3 is 0 Å². The lowest BCUT2D eigenvalue weighted by molar-refractivity contribution is -0.395. The summed E-state index contributed by atoms with van der Waals surface area (Å²) in [5.74, 6) is -1.32. The van der Waals surface area contributed by atoms with Crippen LogP contribution < -0.4 is 0 Å². The maximum Gasteiger partial charge on any atom is 0.280 e. The number of hydrogen-bond donors (Lipinski definition) is 0. The minimum absolute atomic E-state index is 0.138. The van der Waals surface area contributed by atoms with Gasteiger partial charge in [0.25, 0.3) is 28.4 Å². The molecule has 0 atom stereocenters. The molecule has 0 aromatic heterocycles. The molecule has 3 rings (SSSR count). The van der Waals surface area contributed by atoms with Crippen LogP contribution in [0.3, 0.4) is 0 Å². The van der Waals surface area contributed by atoms with Gasteiger partial charge in [0, 0.05) is 41.3 Å². The van der Waals surface area contributed by atoms with Gasteiger partial charge in [-0.05, 0) is 17.7 Å². The summed E-state index contributed by atoms with van der Waals surface area (Å²) in [7, 11) is 0. The summed E-state index contributed by atoms with van der Waals surface area (Å²) in [4.78, 5) is 52.5. The molecule has 0 unspecified atom stereocenters. The Morgan fingerprint density at radius 3 is 1.15 bits per heavy atom. The summed E-state index contributed by atoms with van der Waals surface area (Å²) in [6.07, 6.45) is 0. The van der Waals surface area contributed by atoms with E-state index in [9.17, 15) is 50.6 Å². The fraction of sp³-hybridized carbons (Fsp3) is 0.0526. The van der Waals surface area contributed by atoms with Crippen molar-refractivity contribution in [3.05, 3.63) is 128 Å². The second-order valence-corrected chi connectivity index (χ2v) is 6.80. The predicted octanol–water partition coefficient (Wildman–Crippen LogP) is 4.41. The van der Waals surface area contributed by atoms with Crippen molar-refractivity contribution < 1.29 is 24.6 Å². The Morgan fingerprint density at radius 1 is 0.471 bits per heavy atom. The lowest BCUT2D eigenvalue weighted by Crippen LogP contribution is -2.10. The van der Waals surface area contributed by atoms with Crippen LogP contribution in [0.2, 0.25) is 0 Å². The van der Waals surface area contributed by atoms with Gasteiger partial charge in [-0.15, -0.1) is 0 Å². The number of nitrogens with zero attached hydrogens (tertiary/aromatic N) is 5. The summed E-state index contributed by atoms with van der Waals surface area (Å²) < 4.78 is 0. The number of nitro groups is 5. The van der Waals surface area contributed by atoms with Gasteiger partial charge in [-0.3, -0.25) is 50.6 Å². The summed E-state index contributed by atoms with van der Waals surface area (Å²) in [5.41, 5.74) is -3.23. The fourth-order valence-corrected chi connectivity index (χ4v) is 3.41. The predicted molar refractivity (Wildman–Crippen MR) is 114 cm³/mol. The average Bonchev–Trinajstić information content (AvgIpc) is 2.79.